The first-order valence-corrected chi connectivity index (χ1v) is 13.4. The fourth-order valence-corrected chi connectivity index (χ4v) is 5.72. The van der Waals surface area contributed by atoms with Crippen LogP contribution in [0.25, 0.3) is 0 Å². The molecule has 6 nitrogen and oxygen atoms in total. The van der Waals surface area contributed by atoms with Gasteiger partial charge < -0.3 is 0 Å². The second-order valence-corrected chi connectivity index (χ2v) is 11.4. The number of aryl methyl sites for hydroxylation is 2. The smallest absolute Gasteiger partial charge is 0.266 e. The summed E-state index contributed by atoms with van der Waals surface area (Å²) in [7, 11) is -7.27. The van der Waals surface area contributed by atoms with Gasteiger partial charge in [-0.3, -0.25) is 4.18 Å². The maximum atomic E-state index is 12.9. The maximum Gasteiger partial charge on any atom is 0.296 e. The first-order chi connectivity index (χ1) is 15.2. The van der Waals surface area contributed by atoms with E-state index < -0.39 is 20.1 Å². The molecule has 0 amide bonds. The molecule has 0 bridgehead atoms. The molecule has 3 rings (SSSR count). The van der Waals surface area contributed by atoms with Gasteiger partial charge in [0.05, 0.1) is 16.4 Å². The lowest BCUT2D eigenvalue weighted by Crippen LogP contribution is -2.32. The van der Waals surface area contributed by atoms with E-state index in [0.717, 1.165) is 16.7 Å². The zero-order valence-corrected chi connectivity index (χ0v) is 20.0. The van der Waals surface area contributed by atoms with Gasteiger partial charge in [-0.15, -0.1) is 0 Å². The van der Waals surface area contributed by atoms with Crippen molar-refractivity contribution in [2.45, 2.75) is 42.9 Å². The number of sulfonamides is 1. The summed E-state index contributed by atoms with van der Waals surface area (Å²) < 4.78 is 56.8. The average Bonchev–Trinajstić information content (AvgIpc) is 3.00. The highest BCUT2D eigenvalue weighted by molar-refractivity contribution is 7.89. The van der Waals surface area contributed by atoms with Crippen LogP contribution in [0.2, 0.25) is 0 Å². The Balaban J connectivity index is 1.50. The van der Waals surface area contributed by atoms with Crippen LogP contribution in [0.1, 0.15) is 30.4 Å². The van der Waals surface area contributed by atoms with Crippen molar-refractivity contribution >= 4 is 20.1 Å². The Hall–Kier alpha value is -2.26. The lowest BCUT2D eigenvalue weighted by molar-refractivity contribution is 0.324. The fourth-order valence-electron chi connectivity index (χ4n) is 3.35. The van der Waals surface area contributed by atoms with Crippen molar-refractivity contribution in [3.63, 3.8) is 0 Å². The fraction of sp³-hybridized carbons (Fsp3) is 0.333. The van der Waals surface area contributed by atoms with E-state index in [4.69, 9.17) is 4.18 Å². The predicted octanol–water partition coefficient (Wildman–Crippen LogP) is 4.37. The third-order valence-corrected chi connectivity index (χ3v) is 8.50. The normalized spacial score (nSPS) is 16.1. The molecule has 32 heavy (non-hydrogen) atoms. The standard InChI is InChI=1S/C24H29NO5S2/c1-20-8-12-23(13-9-20)31(26,27)25-17-5-7-22(16-18-25)6-3-4-19-30-32(28,29)24-14-10-21(2)11-15-24/h3,6-15H,4-5,16-19H2,1-2H3/b6-3+. The van der Waals surface area contributed by atoms with Crippen LogP contribution in [-0.2, 0) is 24.3 Å². The van der Waals surface area contributed by atoms with Gasteiger partial charge in [-0.2, -0.15) is 12.7 Å². The number of hydrogen-bond acceptors (Lipinski definition) is 5. The molecule has 172 valence electrons. The number of rotatable bonds is 8. The van der Waals surface area contributed by atoms with Gasteiger partial charge in [0.15, 0.2) is 0 Å². The summed E-state index contributed by atoms with van der Waals surface area (Å²) in [6, 6.07) is 13.4. The molecule has 0 radical (unpaired) electrons. The summed E-state index contributed by atoms with van der Waals surface area (Å²) in [5.41, 5.74) is 3.03. The molecule has 0 unspecified atom stereocenters. The van der Waals surface area contributed by atoms with Crippen LogP contribution in [0, 0.1) is 13.8 Å². The Morgan fingerprint density at radius 2 is 1.47 bits per heavy atom. The van der Waals surface area contributed by atoms with E-state index in [1.165, 1.54) is 16.4 Å². The third kappa shape index (κ3) is 6.38. The maximum absolute atomic E-state index is 12.9. The zero-order valence-electron chi connectivity index (χ0n) is 18.4. The molecule has 0 atom stereocenters. The Kier molecular flexibility index (Phi) is 8.05. The van der Waals surface area contributed by atoms with Crippen molar-refractivity contribution in [1.29, 1.82) is 0 Å². The van der Waals surface area contributed by atoms with Crippen molar-refractivity contribution in [1.82, 2.24) is 4.31 Å². The summed E-state index contributed by atoms with van der Waals surface area (Å²) in [6.07, 6.45) is 7.48. The van der Waals surface area contributed by atoms with E-state index in [1.54, 1.807) is 36.4 Å². The predicted molar refractivity (Wildman–Crippen MR) is 125 cm³/mol. The molecule has 0 spiro atoms. The molecule has 0 fully saturated rings. The Morgan fingerprint density at radius 3 is 2.09 bits per heavy atom. The first-order valence-electron chi connectivity index (χ1n) is 10.6. The minimum absolute atomic E-state index is 0.0495. The van der Waals surface area contributed by atoms with Crippen LogP contribution >= 0.6 is 0 Å². The molecule has 2 aromatic rings. The largest absolute Gasteiger partial charge is 0.296 e. The van der Waals surface area contributed by atoms with Gasteiger partial charge in [0.25, 0.3) is 10.1 Å². The number of nitrogens with zero attached hydrogens (tertiary/aromatic N) is 1. The summed E-state index contributed by atoms with van der Waals surface area (Å²) >= 11 is 0. The number of benzene rings is 2. The molecular formula is C24H29NO5S2. The lowest BCUT2D eigenvalue weighted by atomic mass is 10.1. The highest BCUT2D eigenvalue weighted by Gasteiger charge is 2.24. The van der Waals surface area contributed by atoms with Crippen LogP contribution in [0.3, 0.4) is 0 Å². The van der Waals surface area contributed by atoms with Crippen LogP contribution in [0.5, 0.6) is 0 Å². The van der Waals surface area contributed by atoms with E-state index in [2.05, 4.69) is 0 Å². The monoisotopic (exact) mass is 475 g/mol. The highest BCUT2D eigenvalue weighted by atomic mass is 32.2. The topological polar surface area (TPSA) is 80.8 Å². The van der Waals surface area contributed by atoms with Gasteiger partial charge in [0.1, 0.15) is 0 Å². The molecule has 1 heterocycles. The molecule has 1 aliphatic rings. The van der Waals surface area contributed by atoms with Crippen LogP contribution in [-0.4, -0.2) is 40.8 Å². The van der Waals surface area contributed by atoms with Gasteiger partial charge in [-0.25, -0.2) is 8.42 Å². The zero-order chi connectivity index (χ0) is 23.2. The lowest BCUT2D eigenvalue weighted by Gasteiger charge is -2.20. The molecule has 8 heteroatoms. The third-order valence-electron chi connectivity index (χ3n) is 5.26. The Labute approximate surface area is 191 Å². The number of hydrogen-bond donors (Lipinski definition) is 0. The Bertz CT molecular complexity index is 1180. The van der Waals surface area contributed by atoms with E-state index in [0.29, 0.717) is 37.2 Å². The molecule has 0 saturated carbocycles. The summed E-state index contributed by atoms with van der Waals surface area (Å²) in [6.45, 7) is 4.71. The summed E-state index contributed by atoms with van der Waals surface area (Å²) in [5.74, 6) is 0. The quantitative estimate of drug-likeness (QED) is 0.418. The summed E-state index contributed by atoms with van der Waals surface area (Å²) in [5, 5.41) is 0. The van der Waals surface area contributed by atoms with Crippen molar-refractivity contribution in [2.24, 2.45) is 0 Å². The van der Waals surface area contributed by atoms with Gasteiger partial charge in [0.2, 0.25) is 10.0 Å². The first kappa shape index (κ1) is 24.4. The van der Waals surface area contributed by atoms with Crippen LogP contribution < -0.4 is 0 Å². The van der Waals surface area contributed by atoms with E-state index in [1.807, 2.05) is 32.1 Å². The molecule has 0 aliphatic carbocycles. The molecule has 2 aromatic carbocycles. The van der Waals surface area contributed by atoms with Gasteiger partial charge in [0, 0.05) is 13.1 Å². The molecule has 0 N–H and O–H groups in total. The van der Waals surface area contributed by atoms with Crippen molar-refractivity contribution in [3.8, 4) is 0 Å². The second-order valence-electron chi connectivity index (χ2n) is 7.82. The number of allylic oxidation sites excluding steroid dienone is 1. The highest BCUT2D eigenvalue weighted by Crippen LogP contribution is 2.21. The van der Waals surface area contributed by atoms with E-state index in [9.17, 15) is 16.8 Å². The van der Waals surface area contributed by atoms with Crippen LogP contribution in [0.15, 0.2) is 82.1 Å². The molecule has 0 saturated heterocycles. The minimum atomic E-state index is -3.76. The molecular weight excluding hydrogens is 446 g/mol. The van der Waals surface area contributed by atoms with E-state index >= 15 is 0 Å². The van der Waals surface area contributed by atoms with Crippen molar-refractivity contribution in [2.75, 3.05) is 19.7 Å². The SMILES string of the molecule is Cc1ccc(S(=O)(=O)OCC/C=C/C2=CCCN(S(=O)(=O)c3ccc(C)cc3)CC2)cc1. The van der Waals surface area contributed by atoms with Gasteiger partial charge in [-0.1, -0.05) is 59.2 Å². The molecule has 1 aliphatic heterocycles. The second kappa shape index (κ2) is 10.6. The van der Waals surface area contributed by atoms with Crippen LogP contribution in [0.4, 0.5) is 0 Å². The average molecular weight is 476 g/mol. The van der Waals surface area contributed by atoms with Crippen molar-refractivity contribution in [3.05, 3.63) is 83.5 Å². The van der Waals surface area contributed by atoms with Gasteiger partial charge in [-0.05, 0) is 57.4 Å². The minimum Gasteiger partial charge on any atom is -0.266 e. The Morgan fingerprint density at radius 1 is 0.875 bits per heavy atom. The van der Waals surface area contributed by atoms with Gasteiger partial charge >= 0.3 is 0 Å². The van der Waals surface area contributed by atoms with E-state index in [-0.39, 0.29) is 11.5 Å². The summed E-state index contributed by atoms with van der Waals surface area (Å²) in [4.78, 5) is 0.461. The van der Waals surface area contributed by atoms with Crippen molar-refractivity contribution < 1.29 is 21.0 Å². The molecule has 0 aromatic heterocycles.